The minimum atomic E-state index is -1.13. The van der Waals surface area contributed by atoms with Crippen molar-refractivity contribution in [2.45, 2.75) is 78.2 Å². The maximum Gasteiger partial charge on any atom is 0.355 e. The molecular weight excluding hydrogens is 773 g/mol. The summed E-state index contributed by atoms with van der Waals surface area (Å²) in [5.74, 6) is 1.85. The van der Waals surface area contributed by atoms with Crippen molar-refractivity contribution >= 4 is 61.9 Å². The fraction of sp³-hybridized carbons (Fsp3) is 0.565. The molecule has 60 heavy (non-hydrogen) atoms. The van der Waals surface area contributed by atoms with Gasteiger partial charge in [-0.2, -0.15) is 0 Å². The van der Waals surface area contributed by atoms with E-state index in [9.17, 15) is 9.90 Å². The molecule has 14 heteroatoms. The van der Waals surface area contributed by atoms with Crippen LogP contribution in [0.2, 0.25) is 0 Å². The zero-order valence-electron chi connectivity index (χ0n) is 35.6. The first-order valence-electron chi connectivity index (χ1n) is 21.9. The van der Waals surface area contributed by atoms with Gasteiger partial charge in [0.1, 0.15) is 5.82 Å². The van der Waals surface area contributed by atoms with Gasteiger partial charge < -0.3 is 35.7 Å². The number of carbonyl (C=O) groups is 1. The van der Waals surface area contributed by atoms with Crippen LogP contribution in [0.15, 0.2) is 42.1 Å². The molecule has 6 unspecified atom stereocenters. The van der Waals surface area contributed by atoms with E-state index in [0.717, 1.165) is 97.3 Å². The predicted molar refractivity (Wildman–Crippen MR) is 237 cm³/mol. The van der Waals surface area contributed by atoms with Gasteiger partial charge in [-0.05, 0) is 113 Å². The maximum atomic E-state index is 12.9. The van der Waals surface area contributed by atoms with Crippen LogP contribution in [0, 0.1) is 40.4 Å². The van der Waals surface area contributed by atoms with Gasteiger partial charge in [0.15, 0.2) is 22.5 Å². The van der Waals surface area contributed by atoms with Crippen LogP contribution >= 0.6 is 11.3 Å². The summed E-state index contributed by atoms with van der Waals surface area (Å²) in [5, 5.41) is 36.1. The molecule has 6 aliphatic rings. The molecule has 5 fully saturated rings. The van der Waals surface area contributed by atoms with Gasteiger partial charge in [-0.15, -0.1) is 10.2 Å². The van der Waals surface area contributed by atoms with E-state index in [4.69, 9.17) is 20.1 Å². The molecule has 6 atom stereocenters. The lowest BCUT2D eigenvalue weighted by molar-refractivity contribution is -0.404. The van der Waals surface area contributed by atoms with Crippen molar-refractivity contribution in [2.75, 3.05) is 69.7 Å². The molecule has 1 spiro atoms. The molecule has 13 nitrogen and oxygen atoms in total. The van der Waals surface area contributed by atoms with E-state index in [0.29, 0.717) is 52.4 Å². The average Bonchev–Trinajstić information content (AvgIpc) is 3.78. The number of pyridine rings is 1. The molecule has 4 N–H and O–H groups in total. The van der Waals surface area contributed by atoms with Gasteiger partial charge in [-0.3, -0.25) is 4.90 Å². The van der Waals surface area contributed by atoms with E-state index in [-0.39, 0.29) is 22.1 Å². The van der Waals surface area contributed by atoms with Crippen molar-refractivity contribution in [3.8, 4) is 0 Å². The molecule has 10 rings (SSSR count). The van der Waals surface area contributed by atoms with E-state index in [2.05, 4.69) is 57.6 Å². The number of aromatic carboxylic acids is 1. The number of carboxylic acid groups (broad SMARTS) is 1. The Bertz CT molecular complexity index is 2380. The Morgan fingerprint density at radius 1 is 1.03 bits per heavy atom. The fourth-order valence-electron chi connectivity index (χ4n) is 13.4. The number of benzene rings is 1. The largest absolute Gasteiger partial charge is 0.476 e. The second kappa shape index (κ2) is 14.6. The Balaban J connectivity index is 0.833. The average molecular weight is 831 g/mol. The van der Waals surface area contributed by atoms with Crippen LogP contribution in [-0.4, -0.2) is 112 Å². The van der Waals surface area contributed by atoms with Crippen LogP contribution < -0.4 is 15.5 Å². The molecule has 3 aromatic heterocycles. The molecule has 4 aromatic rings. The smallest absolute Gasteiger partial charge is 0.355 e. The van der Waals surface area contributed by atoms with Gasteiger partial charge in [0.2, 0.25) is 0 Å². The monoisotopic (exact) mass is 830 g/mol. The van der Waals surface area contributed by atoms with Gasteiger partial charge in [-0.25, -0.2) is 14.8 Å². The quantitative estimate of drug-likeness (QED) is 0.0985. The lowest BCUT2D eigenvalue weighted by atomic mass is 9.24. The number of para-hydroxylation sites is 1. The van der Waals surface area contributed by atoms with Gasteiger partial charge in [0.05, 0.1) is 22.4 Å². The molecule has 316 valence electrons. The van der Waals surface area contributed by atoms with Crippen molar-refractivity contribution in [1.82, 2.24) is 35.3 Å². The Kier molecular flexibility index (Phi) is 9.62. The van der Waals surface area contributed by atoms with Crippen LogP contribution in [0.3, 0.4) is 0 Å². The number of piperazine rings is 1. The highest BCUT2D eigenvalue weighted by molar-refractivity contribution is 7.22. The van der Waals surface area contributed by atoms with E-state index in [1.54, 1.807) is 17.4 Å². The topological polar surface area (TPSA) is 156 Å². The van der Waals surface area contributed by atoms with E-state index >= 15 is 0 Å². The Morgan fingerprint density at radius 3 is 2.58 bits per heavy atom. The molecule has 1 aromatic carbocycles. The van der Waals surface area contributed by atoms with Crippen LogP contribution in [0.25, 0.3) is 15.8 Å². The molecule has 4 aliphatic carbocycles. The number of nitrogens with zero attached hydrogens (tertiary/aromatic N) is 7. The third-order valence-corrected chi connectivity index (χ3v) is 16.9. The van der Waals surface area contributed by atoms with Gasteiger partial charge in [0.25, 0.3) is 0 Å². The van der Waals surface area contributed by atoms with E-state index < -0.39 is 5.97 Å². The molecule has 1 saturated heterocycles. The highest BCUT2D eigenvalue weighted by atomic mass is 32.1. The lowest BCUT2D eigenvalue weighted by Gasteiger charge is -2.83. The maximum absolute atomic E-state index is 12.9. The number of carboxylic acids is 1. The minimum absolute atomic E-state index is 0.0470. The summed E-state index contributed by atoms with van der Waals surface area (Å²) in [4.78, 5) is 29.3. The second-order valence-electron chi connectivity index (χ2n) is 19.3. The number of thiazole rings is 1. The summed E-state index contributed by atoms with van der Waals surface area (Å²) in [5.41, 5.74) is 5.58. The van der Waals surface area contributed by atoms with E-state index in [1.807, 2.05) is 43.0 Å². The summed E-state index contributed by atoms with van der Waals surface area (Å²) in [7, 11) is 2.21. The molecule has 5 heterocycles. The molecule has 4 saturated carbocycles. The fourth-order valence-corrected chi connectivity index (χ4v) is 14.3. The van der Waals surface area contributed by atoms with E-state index in [1.165, 1.54) is 31.9 Å². The second-order valence-corrected chi connectivity index (χ2v) is 20.3. The van der Waals surface area contributed by atoms with Crippen molar-refractivity contribution in [1.29, 1.82) is 5.41 Å². The number of ether oxygens (including phenoxy) is 1. The summed E-state index contributed by atoms with van der Waals surface area (Å²) < 4.78 is 8.07. The number of aromatic nitrogens is 4. The van der Waals surface area contributed by atoms with Gasteiger partial charge in [-0.1, -0.05) is 37.3 Å². The van der Waals surface area contributed by atoms with Gasteiger partial charge >= 0.3 is 5.97 Å². The zero-order chi connectivity index (χ0) is 41.6. The van der Waals surface area contributed by atoms with Crippen LogP contribution in [0.5, 0.6) is 0 Å². The summed E-state index contributed by atoms with van der Waals surface area (Å²) in [6, 6.07) is 11.7. The first-order chi connectivity index (χ1) is 28.9. The first kappa shape index (κ1) is 39.6. The Labute approximate surface area is 356 Å². The van der Waals surface area contributed by atoms with Crippen molar-refractivity contribution < 1.29 is 14.6 Å². The number of allylic oxidation sites excluding steroid dienone is 2. The Morgan fingerprint density at radius 2 is 1.82 bits per heavy atom. The molecule has 2 aliphatic heterocycles. The molecular formula is C46H58N10O3S. The van der Waals surface area contributed by atoms with Crippen LogP contribution in [0.4, 0.5) is 22.6 Å². The number of rotatable bonds is 13. The Hall–Kier alpha value is -4.50. The highest BCUT2D eigenvalue weighted by Crippen LogP contribution is 2.91. The summed E-state index contributed by atoms with van der Waals surface area (Å²) in [6.07, 6.45) is 8.94. The van der Waals surface area contributed by atoms with Crippen LogP contribution in [-0.2, 0) is 11.2 Å². The third kappa shape index (κ3) is 6.02. The van der Waals surface area contributed by atoms with Crippen LogP contribution in [0.1, 0.15) is 86.5 Å². The van der Waals surface area contributed by atoms with Crippen molar-refractivity contribution in [3.63, 3.8) is 0 Å². The number of hydrogen-bond donors (Lipinski definition) is 4. The summed E-state index contributed by atoms with van der Waals surface area (Å²) in [6.45, 7) is 16.9. The lowest BCUT2D eigenvalue weighted by Crippen LogP contribution is -2.83. The van der Waals surface area contributed by atoms with Crippen molar-refractivity contribution in [2.24, 2.45) is 28.1 Å². The number of likely N-dealkylation sites (N-methyl/N-ethyl adjacent to an activating group) is 1. The zero-order valence-corrected chi connectivity index (χ0v) is 36.4. The third-order valence-electron chi connectivity index (χ3n) is 16.0. The molecule has 0 amide bonds. The van der Waals surface area contributed by atoms with Crippen molar-refractivity contribution in [3.05, 3.63) is 64.5 Å². The number of anilines is 4. The normalized spacial score (nSPS) is 31.1. The minimum Gasteiger partial charge on any atom is -0.476 e. The molecule has 0 radical (unpaired) electrons. The molecule has 2 bridgehead atoms. The first-order valence-corrected chi connectivity index (χ1v) is 22.7. The van der Waals surface area contributed by atoms with Gasteiger partial charge in [0, 0.05) is 85.4 Å². The SMILES string of the molecule is C/C(NCC1CC2(C)CC3(OCCN4CCN(C)CC4)CC4(C)CC1CC243)=C(/C=N)c1ccc(N2CCCc3c2nnc(Nc2nc4ccccc4s2)c3C)nc1C(=O)O. The highest BCUT2D eigenvalue weighted by Gasteiger charge is 2.89. The number of fused-ring (bicyclic) bond motifs is 3. The number of nitrogens with one attached hydrogen (secondary N) is 3. The predicted octanol–water partition coefficient (Wildman–Crippen LogP) is 7.53. The number of hydrogen-bond acceptors (Lipinski definition) is 13. The summed E-state index contributed by atoms with van der Waals surface area (Å²) >= 11 is 1.57. The standard InChI is InChI=1S/C46H58N10O3S/c1-28-32-9-8-14-56(40(32)53-52-39(28)51-42-49-35-10-6-7-11-36(35)60-42)37-13-12-33(38(50-37)41(57)58)34(24-47)29(2)48-25-31-22-44(4)27-45(26-43(3)21-30(31)23-46(43,44)45)59-20-19-55-17-15-54(5)16-18-55/h6-7,10-13,24,30-31,47-48H,8-9,14-23,25-27H2,1-5H3,(H,57,58)(H,49,51,52)/b34-29+,47-24?.